The Morgan fingerprint density at radius 1 is 1.15 bits per heavy atom. The van der Waals surface area contributed by atoms with E-state index in [9.17, 15) is 4.39 Å². The Morgan fingerprint density at radius 3 is 2.08 bits per heavy atom. The third-order valence-electron chi connectivity index (χ3n) is 2.77. The van der Waals surface area contributed by atoms with Gasteiger partial charge in [-0.2, -0.15) is 0 Å². The molecule has 1 heteroatoms. The van der Waals surface area contributed by atoms with E-state index in [-0.39, 0.29) is 12.1 Å². The monoisotopic (exact) mass is 180 g/mol. The zero-order valence-electron chi connectivity index (χ0n) is 8.60. The van der Waals surface area contributed by atoms with E-state index in [0.717, 1.165) is 12.0 Å². The fourth-order valence-electron chi connectivity index (χ4n) is 1.25. The molecule has 0 spiro atoms. The van der Waals surface area contributed by atoms with Crippen molar-refractivity contribution in [3.8, 4) is 0 Å². The van der Waals surface area contributed by atoms with Gasteiger partial charge in [0.05, 0.1) is 0 Å². The van der Waals surface area contributed by atoms with Crippen LogP contribution < -0.4 is 0 Å². The van der Waals surface area contributed by atoms with E-state index in [1.54, 1.807) is 0 Å². The SMILES string of the molecule is CCC(C)(C)c1ccc(CF)cc1. The standard InChI is InChI=1S/C12H17F/c1-4-12(2,3)11-7-5-10(9-13)6-8-11/h5-8H,4,9H2,1-3H3. The van der Waals surface area contributed by atoms with Gasteiger partial charge in [-0.15, -0.1) is 0 Å². The minimum atomic E-state index is -0.368. The van der Waals surface area contributed by atoms with Crippen LogP contribution in [0.4, 0.5) is 4.39 Å². The van der Waals surface area contributed by atoms with Gasteiger partial charge in [-0.1, -0.05) is 45.0 Å². The van der Waals surface area contributed by atoms with Crippen molar-refractivity contribution >= 4 is 0 Å². The Bertz CT molecular complexity index is 259. The van der Waals surface area contributed by atoms with Crippen LogP contribution in [0.5, 0.6) is 0 Å². The summed E-state index contributed by atoms with van der Waals surface area (Å²) < 4.78 is 12.2. The molecule has 0 saturated heterocycles. The Balaban J connectivity index is 2.92. The summed E-state index contributed by atoms with van der Waals surface area (Å²) >= 11 is 0. The van der Waals surface area contributed by atoms with Gasteiger partial charge in [0, 0.05) is 0 Å². The van der Waals surface area contributed by atoms with Crippen LogP contribution in [-0.2, 0) is 12.1 Å². The van der Waals surface area contributed by atoms with Crippen LogP contribution in [0.3, 0.4) is 0 Å². The molecule has 0 aliphatic heterocycles. The number of benzene rings is 1. The van der Waals surface area contributed by atoms with Crippen molar-refractivity contribution in [2.45, 2.75) is 39.3 Å². The lowest BCUT2D eigenvalue weighted by atomic mass is 9.82. The number of hydrogen-bond donors (Lipinski definition) is 0. The molecule has 1 aromatic rings. The molecule has 1 aromatic carbocycles. The number of hydrogen-bond acceptors (Lipinski definition) is 0. The quantitative estimate of drug-likeness (QED) is 0.663. The smallest absolute Gasteiger partial charge is 0.115 e. The molecule has 0 nitrogen and oxygen atoms in total. The van der Waals surface area contributed by atoms with Crippen LogP contribution in [0.15, 0.2) is 24.3 Å². The van der Waals surface area contributed by atoms with Crippen molar-refractivity contribution in [2.24, 2.45) is 0 Å². The van der Waals surface area contributed by atoms with Crippen LogP contribution in [0.1, 0.15) is 38.3 Å². The second-order valence-corrected chi connectivity index (χ2v) is 4.07. The van der Waals surface area contributed by atoms with Crippen molar-refractivity contribution in [1.29, 1.82) is 0 Å². The summed E-state index contributed by atoms with van der Waals surface area (Å²) in [5.74, 6) is 0. The molecular formula is C12H17F. The third-order valence-corrected chi connectivity index (χ3v) is 2.77. The van der Waals surface area contributed by atoms with Crippen molar-refractivity contribution in [3.63, 3.8) is 0 Å². The molecule has 0 saturated carbocycles. The fourth-order valence-corrected chi connectivity index (χ4v) is 1.25. The van der Waals surface area contributed by atoms with E-state index in [0.29, 0.717) is 0 Å². The molecule has 0 N–H and O–H groups in total. The van der Waals surface area contributed by atoms with E-state index in [1.807, 2.05) is 24.3 Å². The Labute approximate surface area is 79.8 Å². The molecule has 0 unspecified atom stereocenters. The number of rotatable bonds is 3. The lowest BCUT2D eigenvalue weighted by Gasteiger charge is -2.23. The molecule has 13 heavy (non-hydrogen) atoms. The van der Waals surface area contributed by atoms with Gasteiger partial charge in [0.1, 0.15) is 6.67 Å². The normalized spacial score (nSPS) is 11.7. The topological polar surface area (TPSA) is 0 Å². The molecule has 0 aliphatic rings. The zero-order valence-corrected chi connectivity index (χ0v) is 8.60. The van der Waals surface area contributed by atoms with Gasteiger partial charge in [-0.25, -0.2) is 4.39 Å². The molecule has 0 fully saturated rings. The average molecular weight is 180 g/mol. The highest BCUT2D eigenvalue weighted by molar-refractivity contribution is 5.27. The van der Waals surface area contributed by atoms with Crippen LogP contribution in [0.2, 0.25) is 0 Å². The zero-order chi connectivity index (χ0) is 9.90. The van der Waals surface area contributed by atoms with Crippen molar-refractivity contribution in [2.75, 3.05) is 0 Å². The van der Waals surface area contributed by atoms with E-state index >= 15 is 0 Å². The van der Waals surface area contributed by atoms with Crippen LogP contribution in [-0.4, -0.2) is 0 Å². The average Bonchev–Trinajstić information content (AvgIpc) is 2.18. The molecule has 0 heterocycles. The molecule has 0 amide bonds. The molecule has 72 valence electrons. The molecule has 0 aliphatic carbocycles. The Hall–Kier alpha value is -0.850. The van der Waals surface area contributed by atoms with Crippen LogP contribution in [0.25, 0.3) is 0 Å². The highest BCUT2D eigenvalue weighted by Crippen LogP contribution is 2.26. The minimum absolute atomic E-state index is 0.203. The molecule has 0 radical (unpaired) electrons. The van der Waals surface area contributed by atoms with Crippen molar-refractivity contribution in [3.05, 3.63) is 35.4 Å². The van der Waals surface area contributed by atoms with E-state index < -0.39 is 0 Å². The second kappa shape index (κ2) is 3.91. The van der Waals surface area contributed by atoms with Gasteiger partial charge in [-0.3, -0.25) is 0 Å². The molecule has 1 rings (SSSR count). The summed E-state index contributed by atoms with van der Waals surface area (Å²) in [5, 5.41) is 0. The van der Waals surface area contributed by atoms with Crippen molar-refractivity contribution < 1.29 is 4.39 Å². The summed E-state index contributed by atoms with van der Waals surface area (Å²) in [6.07, 6.45) is 1.10. The summed E-state index contributed by atoms with van der Waals surface area (Å²) in [4.78, 5) is 0. The van der Waals surface area contributed by atoms with Gasteiger partial charge < -0.3 is 0 Å². The number of halogens is 1. The van der Waals surface area contributed by atoms with E-state index in [1.165, 1.54) is 5.56 Å². The molecule has 0 bridgehead atoms. The lowest BCUT2D eigenvalue weighted by molar-refractivity contribution is 0.482. The van der Waals surface area contributed by atoms with Gasteiger partial charge in [-0.05, 0) is 23.0 Å². The summed E-state index contributed by atoms with van der Waals surface area (Å²) in [6, 6.07) is 7.79. The van der Waals surface area contributed by atoms with E-state index in [4.69, 9.17) is 0 Å². The van der Waals surface area contributed by atoms with Gasteiger partial charge in [0.2, 0.25) is 0 Å². The highest BCUT2D eigenvalue weighted by Gasteiger charge is 2.17. The minimum Gasteiger partial charge on any atom is -0.246 e. The molecule has 0 atom stereocenters. The van der Waals surface area contributed by atoms with Gasteiger partial charge >= 0.3 is 0 Å². The first-order valence-corrected chi connectivity index (χ1v) is 4.75. The first kappa shape index (κ1) is 10.2. The summed E-state index contributed by atoms with van der Waals surface area (Å²) in [6.45, 7) is 6.21. The van der Waals surface area contributed by atoms with E-state index in [2.05, 4.69) is 20.8 Å². The maximum atomic E-state index is 12.2. The summed E-state index contributed by atoms with van der Waals surface area (Å²) in [7, 11) is 0. The maximum Gasteiger partial charge on any atom is 0.115 e. The van der Waals surface area contributed by atoms with Gasteiger partial charge in [0.25, 0.3) is 0 Å². The first-order chi connectivity index (χ1) is 6.10. The highest BCUT2D eigenvalue weighted by atomic mass is 19.1. The molecule has 0 aromatic heterocycles. The molecular weight excluding hydrogens is 163 g/mol. The fraction of sp³-hybridized carbons (Fsp3) is 0.500. The Morgan fingerprint density at radius 2 is 1.69 bits per heavy atom. The van der Waals surface area contributed by atoms with Gasteiger partial charge in [0.15, 0.2) is 0 Å². The van der Waals surface area contributed by atoms with Crippen molar-refractivity contribution in [1.82, 2.24) is 0 Å². The maximum absolute atomic E-state index is 12.2. The predicted molar refractivity (Wildman–Crippen MR) is 54.6 cm³/mol. The second-order valence-electron chi connectivity index (χ2n) is 4.07. The lowest BCUT2D eigenvalue weighted by Crippen LogP contribution is -2.15. The Kier molecular flexibility index (Phi) is 3.07. The summed E-state index contributed by atoms with van der Waals surface area (Å²) in [5.41, 5.74) is 2.25. The third kappa shape index (κ3) is 2.30. The van der Waals surface area contributed by atoms with Crippen LogP contribution in [0, 0.1) is 0 Å². The number of alkyl halides is 1. The largest absolute Gasteiger partial charge is 0.246 e. The predicted octanol–water partition coefficient (Wildman–Crippen LogP) is 3.84. The van der Waals surface area contributed by atoms with Crippen LogP contribution >= 0.6 is 0 Å². The first-order valence-electron chi connectivity index (χ1n) is 4.75.